The molecule has 1 unspecified atom stereocenters. The molecule has 0 saturated heterocycles. The van der Waals surface area contributed by atoms with Crippen molar-refractivity contribution in [1.82, 2.24) is 4.98 Å². The first-order valence-electron chi connectivity index (χ1n) is 13.9. The molecule has 6 nitrogen and oxygen atoms in total. The molecule has 4 rings (SSSR count). The van der Waals surface area contributed by atoms with Crippen molar-refractivity contribution < 1.29 is 28.1 Å². The third-order valence-corrected chi connectivity index (χ3v) is 9.22. The average Bonchev–Trinajstić information content (AvgIpc) is 3.73. The van der Waals surface area contributed by atoms with Gasteiger partial charge in [-0.25, -0.2) is 9.37 Å². The Morgan fingerprint density at radius 1 is 1.10 bits per heavy atom. The van der Waals surface area contributed by atoms with Crippen LogP contribution in [0.2, 0.25) is 0 Å². The number of rotatable bonds is 12. The molecule has 0 bridgehead atoms. The molecule has 1 heterocycles. The summed E-state index contributed by atoms with van der Waals surface area (Å²) in [7, 11) is -1.04. The third kappa shape index (κ3) is 7.51. The molecule has 0 aliphatic heterocycles. The Labute approximate surface area is 237 Å². The van der Waals surface area contributed by atoms with E-state index in [1.165, 1.54) is 18.2 Å². The van der Waals surface area contributed by atoms with Gasteiger partial charge >= 0.3 is 0 Å². The molecule has 1 saturated carbocycles. The van der Waals surface area contributed by atoms with E-state index in [-0.39, 0.29) is 29.8 Å². The van der Waals surface area contributed by atoms with Gasteiger partial charge in [-0.3, -0.25) is 4.57 Å². The summed E-state index contributed by atoms with van der Waals surface area (Å²) in [6, 6.07) is 13.7. The van der Waals surface area contributed by atoms with E-state index in [0.717, 1.165) is 29.5 Å². The highest BCUT2D eigenvalue weighted by Gasteiger charge is 2.36. The first kappa shape index (κ1) is 30.2. The Morgan fingerprint density at radius 3 is 2.50 bits per heavy atom. The zero-order chi connectivity index (χ0) is 29.1. The maximum atomic E-state index is 14.9. The summed E-state index contributed by atoms with van der Waals surface area (Å²) in [5.41, 5.74) is 3.46. The summed E-state index contributed by atoms with van der Waals surface area (Å²) in [5.74, 6) is 0.717. The minimum atomic E-state index is -2.69. The van der Waals surface area contributed by atoms with Crippen molar-refractivity contribution in [1.29, 1.82) is 0 Å². The molecule has 1 aliphatic carbocycles. The normalized spacial score (nSPS) is 16.8. The number of halogens is 1. The lowest BCUT2D eigenvalue weighted by Gasteiger charge is -2.32. The number of phenolic OH excluding ortho intramolecular Hbond substituents is 1. The SMILES string of the molecule is CCOP(C)(=O)C[C@H](c1ccnc(OCc2ccc(-c3cc(O)ccc3F)c([C@@H](OC)C(C)(C)C)c2)c1)C1CC1. The fourth-order valence-corrected chi connectivity index (χ4v) is 7.31. The number of methoxy groups -OCH3 is 1. The van der Waals surface area contributed by atoms with Crippen molar-refractivity contribution in [2.75, 3.05) is 26.5 Å². The van der Waals surface area contributed by atoms with Gasteiger partial charge in [-0.1, -0.05) is 32.9 Å². The van der Waals surface area contributed by atoms with Crippen LogP contribution in [0.25, 0.3) is 11.1 Å². The number of aromatic nitrogens is 1. The lowest BCUT2D eigenvalue weighted by molar-refractivity contribution is 0.0155. The summed E-state index contributed by atoms with van der Waals surface area (Å²) < 4.78 is 45.4. The van der Waals surface area contributed by atoms with E-state index in [1.54, 1.807) is 20.0 Å². The molecule has 0 amide bonds. The number of phenols is 1. The van der Waals surface area contributed by atoms with Gasteiger partial charge < -0.3 is 19.1 Å². The van der Waals surface area contributed by atoms with Gasteiger partial charge in [0.15, 0.2) is 0 Å². The van der Waals surface area contributed by atoms with Crippen LogP contribution in [0.1, 0.15) is 69.2 Å². The molecule has 2 aromatic carbocycles. The van der Waals surface area contributed by atoms with Gasteiger partial charge in [0.1, 0.15) is 18.2 Å². The fourth-order valence-electron chi connectivity index (χ4n) is 5.43. The summed E-state index contributed by atoms with van der Waals surface area (Å²) in [6.07, 6.45) is 4.16. The molecule has 1 N–H and O–H groups in total. The minimum absolute atomic E-state index is 0.00405. The van der Waals surface area contributed by atoms with E-state index in [4.69, 9.17) is 14.0 Å². The maximum Gasteiger partial charge on any atom is 0.213 e. The first-order chi connectivity index (χ1) is 18.9. The summed E-state index contributed by atoms with van der Waals surface area (Å²) >= 11 is 0. The molecule has 3 aromatic rings. The van der Waals surface area contributed by atoms with Crippen molar-refractivity contribution in [3.63, 3.8) is 0 Å². The predicted molar refractivity (Wildman–Crippen MR) is 157 cm³/mol. The zero-order valence-electron chi connectivity index (χ0n) is 24.3. The zero-order valence-corrected chi connectivity index (χ0v) is 25.2. The largest absolute Gasteiger partial charge is 0.508 e. The van der Waals surface area contributed by atoms with E-state index in [9.17, 15) is 14.1 Å². The highest BCUT2D eigenvalue weighted by Crippen LogP contribution is 2.53. The molecule has 3 atom stereocenters. The number of nitrogens with zero attached hydrogens (tertiary/aromatic N) is 1. The van der Waals surface area contributed by atoms with Crippen molar-refractivity contribution in [3.05, 3.63) is 77.2 Å². The first-order valence-corrected chi connectivity index (χ1v) is 16.1. The number of benzene rings is 2. The van der Waals surface area contributed by atoms with Crippen molar-refractivity contribution in [3.8, 4) is 22.8 Å². The lowest BCUT2D eigenvalue weighted by atomic mass is 9.81. The second-order valence-corrected chi connectivity index (χ2v) is 14.5. The summed E-state index contributed by atoms with van der Waals surface area (Å²) in [5, 5.41) is 10.1. The Hall–Kier alpha value is -2.73. The molecule has 1 aliphatic rings. The summed E-state index contributed by atoms with van der Waals surface area (Å²) in [6.45, 7) is 10.5. The van der Waals surface area contributed by atoms with Gasteiger partial charge in [-0.15, -0.1) is 0 Å². The molecule has 0 radical (unpaired) electrons. The van der Waals surface area contributed by atoms with E-state index in [1.807, 2.05) is 37.3 Å². The van der Waals surface area contributed by atoms with Crippen LogP contribution in [0, 0.1) is 17.2 Å². The number of hydrogen-bond donors (Lipinski definition) is 1. The van der Waals surface area contributed by atoms with Crippen LogP contribution in [0.15, 0.2) is 54.7 Å². The number of hydrogen-bond acceptors (Lipinski definition) is 6. The number of pyridine rings is 1. The second-order valence-electron chi connectivity index (χ2n) is 11.8. The van der Waals surface area contributed by atoms with E-state index < -0.39 is 13.2 Å². The molecular formula is C32H41FNO5P. The molecule has 1 fully saturated rings. The highest BCUT2D eigenvalue weighted by atomic mass is 31.2. The standard InChI is InChI=1S/C32H41FNO5P/c1-7-39-40(6,36)20-28(22-9-10-22)23-14-15-34-30(17-23)38-19-21-8-12-25(26-18-24(35)11-13-29(26)33)27(16-21)31(37-5)32(2,3)4/h8,11-18,22,28,31,35H,7,9-10,19-20H2,1-6H3/t28-,31+,40?/m0/s1. The minimum Gasteiger partial charge on any atom is -0.508 e. The quantitative estimate of drug-likeness (QED) is 0.221. The molecule has 40 heavy (non-hydrogen) atoms. The van der Waals surface area contributed by atoms with Crippen LogP contribution in [-0.2, 0) is 20.4 Å². The Bertz CT molecular complexity index is 1370. The maximum absolute atomic E-state index is 14.9. The predicted octanol–water partition coefficient (Wildman–Crippen LogP) is 8.34. The monoisotopic (exact) mass is 569 g/mol. The van der Waals surface area contributed by atoms with Crippen LogP contribution in [0.5, 0.6) is 11.6 Å². The smallest absolute Gasteiger partial charge is 0.213 e. The Balaban J connectivity index is 1.61. The van der Waals surface area contributed by atoms with Crippen molar-refractivity contribution in [2.24, 2.45) is 11.3 Å². The third-order valence-electron chi connectivity index (χ3n) is 7.36. The molecule has 216 valence electrons. The molecule has 1 aromatic heterocycles. The number of ether oxygens (including phenoxy) is 2. The van der Waals surface area contributed by atoms with Crippen LogP contribution in [0.3, 0.4) is 0 Å². The highest BCUT2D eigenvalue weighted by molar-refractivity contribution is 7.58. The van der Waals surface area contributed by atoms with Crippen LogP contribution >= 0.6 is 7.37 Å². The number of aromatic hydroxyl groups is 1. The Kier molecular flexibility index (Phi) is 9.39. The second kappa shape index (κ2) is 12.4. The Morgan fingerprint density at radius 2 is 1.85 bits per heavy atom. The van der Waals surface area contributed by atoms with Gasteiger partial charge in [0.25, 0.3) is 0 Å². The van der Waals surface area contributed by atoms with Crippen molar-refractivity contribution >= 4 is 7.37 Å². The molecular weight excluding hydrogens is 528 g/mol. The van der Waals surface area contributed by atoms with Gasteiger partial charge in [-0.05, 0) is 89.6 Å². The molecule has 0 spiro atoms. The molecule has 8 heteroatoms. The summed E-state index contributed by atoms with van der Waals surface area (Å²) in [4.78, 5) is 4.42. The van der Waals surface area contributed by atoms with E-state index in [2.05, 4.69) is 25.8 Å². The van der Waals surface area contributed by atoms with Crippen LogP contribution < -0.4 is 4.74 Å². The van der Waals surface area contributed by atoms with Gasteiger partial charge in [0.2, 0.25) is 13.2 Å². The van der Waals surface area contributed by atoms with Gasteiger partial charge in [0, 0.05) is 37.8 Å². The average molecular weight is 570 g/mol. The fraction of sp³-hybridized carbons (Fsp3) is 0.469. The van der Waals surface area contributed by atoms with Crippen molar-refractivity contribution in [2.45, 2.75) is 59.2 Å². The van der Waals surface area contributed by atoms with E-state index in [0.29, 0.717) is 35.7 Å². The topological polar surface area (TPSA) is 77.9 Å². The van der Waals surface area contributed by atoms with E-state index >= 15 is 0 Å². The van der Waals surface area contributed by atoms with Crippen LogP contribution in [-0.4, -0.2) is 36.6 Å². The van der Waals surface area contributed by atoms with Gasteiger partial charge in [-0.2, -0.15) is 0 Å². The lowest BCUT2D eigenvalue weighted by Crippen LogP contribution is -2.21. The van der Waals surface area contributed by atoms with Gasteiger partial charge in [0.05, 0.1) is 12.7 Å². The van der Waals surface area contributed by atoms with Crippen LogP contribution in [0.4, 0.5) is 4.39 Å².